The average molecular weight is 430 g/mol. The first-order chi connectivity index (χ1) is 14.1. The Hall–Kier alpha value is -2.57. The van der Waals surface area contributed by atoms with Crippen LogP contribution in [0.5, 0.6) is 23.0 Å². The van der Waals surface area contributed by atoms with Gasteiger partial charge in [-0.15, -0.1) is 0 Å². The van der Waals surface area contributed by atoms with E-state index < -0.39 is 5.91 Å². The normalized spacial score (nSPS) is 13.9. The van der Waals surface area contributed by atoms with Gasteiger partial charge in [0, 0.05) is 26.0 Å². The van der Waals surface area contributed by atoms with E-state index >= 15 is 0 Å². The quantitative estimate of drug-likeness (QED) is 0.424. The second kappa shape index (κ2) is 8.05. The molecule has 5 nitrogen and oxygen atoms in total. The number of fused-ring (bicyclic) bond motifs is 1. The monoisotopic (exact) mass is 429 g/mol. The minimum absolute atomic E-state index is 0.186. The predicted molar refractivity (Wildman–Crippen MR) is 113 cm³/mol. The van der Waals surface area contributed by atoms with Crippen molar-refractivity contribution in [3.8, 4) is 23.0 Å². The molecule has 3 aromatic rings. The van der Waals surface area contributed by atoms with Crippen molar-refractivity contribution in [3.05, 3.63) is 81.8 Å². The van der Waals surface area contributed by atoms with Gasteiger partial charge < -0.3 is 18.9 Å². The second-order valence-electron chi connectivity index (χ2n) is 6.15. The van der Waals surface area contributed by atoms with Crippen molar-refractivity contribution in [2.24, 2.45) is 4.99 Å². The van der Waals surface area contributed by atoms with Gasteiger partial charge in [-0.1, -0.05) is 59.6 Å². The van der Waals surface area contributed by atoms with Crippen molar-refractivity contribution in [3.63, 3.8) is 0 Å². The van der Waals surface area contributed by atoms with E-state index in [2.05, 4.69) is 4.99 Å². The van der Waals surface area contributed by atoms with Crippen LogP contribution in [-0.2, 0) is 15.4 Å². The van der Waals surface area contributed by atoms with Crippen LogP contribution < -0.4 is 9.47 Å². The van der Waals surface area contributed by atoms with E-state index in [4.69, 9.17) is 42.1 Å². The number of methoxy groups -OCH3 is 2. The van der Waals surface area contributed by atoms with Crippen LogP contribution in [0.3, 0.4) is 0 Å². The minimum Gasteiger partial charge on any atom is -0.455 e. The molecule has 0 spiro atoms. The summed E-state index contributed by atoms with van der Waals surface area (Å²) in [6.07, 6.45) is 1.57. The van der Waals surface area contributed by atoms with Gasteiger partial charge in [-0.25, -0.2) is 4.99 Å². The molecule has 0 N–H and O–H groups in total. The number of hydrogen-bond donors (Lipinski definition) is 0. The Morgan fingerprint density at radius 1 is 0.724 bits per heavy atom. The molecule has 0 radical (unpaired) electrons. The molecule has 29 heavy (non-hydrogen) atoms. The molecule has 0 aliphatic carbocycles. The maximum absolute atomic E-state index is 6.74. The summed E-state index contributed by atoms with van der Waals surface area (Å²) in [5.74, 6) is 0.306. The van der Waals surface area contributed by atoms with Gasteiger partial charge >= 0.3 is 5.91 Å². The fourth-order valence-corrected chi connectivity index (χ4v) is 3.69. The highest BCUT2D eigenvalue weighted by Gasteiger charge is 2.44. The number of hydrogen-bond acceptors (Lipinski definition) is 5. The van der Waals surface area contributed by atoms with Gasteiger partial charge in [-0.3, -0.25) is 0 Å². The first-order valence-corrected chi connectivity index (χ1v) is 9.52. The van der Waals surface area contributed by atoms with Crippen LogP contribution in [0.15, 0.2) is 65.7 Å². The molecule has 0 saturated heterocycles. The van der Waals surface area contributed by atoms with Crippen molar-refractivity contribution in [2.45, 2.75) is 5.91 Å². The summed E-state index contributed by atoms with van der Waals surface area (Å²) in [6.45, 7) is 0. The maximum Gasteiger partial charge on any atom is 0.301 e. The fraction of sp³-hybridized carbons (Fsp3) is 0.136. The number of rotatable bonds is 6. The van der Waals surface area contributed by atoms with E-state index in [0.717, 1.165) is 0 Å². The summed E-state index contributed by atoms with van der Waals surface area (Å²) in [6, 6.07) is 18.4. The number of benzene rings is 3. The fourth-order valence-electron chi connectivity index (χ4n) is 3.10. The Bertz CT molecular complexity index is 1050. The average Bonchev–Trinajstić information content (AvgIpc) is 3.16. The van der Waals surface area contributed by atoms with Crippen LogP contribution >= 0.6 is 23.2 Å². The zero-order valence-corrected chi connectivity index (χ0v) is 17.2. The van der Waals surface area contributed by atoms with Crippen molar-refractivity contribution >= 4 is 29.4 Å². The van der Waals surface area contributed by atoms with Gasteiger partial charge in [0.25, 0.3) is 0 Å². The highest BCUT2D eigenvalue weighted by atomic mass is 35.5. The molecule has 148 valence electrons. The number of aliphatic imine (C=N–C) groups is 1. The SMILES string of the molecule is COC1(OC)N=Cc2c(Cl)c(Oc3ccccc3)c(Cl)c(Oc3ccccc3)c21. The minimum atomic E-state index is -1.42. The molecule has 7 heteroatoms. The van der Waals surface area contributed by atoms with E-state index in [1.807, 2.05) is 48.5 Å². The molecule has 0 atom stereocenters. The lowest BCUT2D eigenvalue weighted by atomic mass is 10.0. The second-order valence-corrected chi connectivity index (χ2v) is 6.91. The summed E-state index contributed by atoms with van der Waals surface area (Å²) in [5, 5.41) is 0.472. The third-order valence-electron chi connectivity index (χ3n) is 4.49. The van der Waals surface area contributed by atoms with Crippen LogP contribution in [0.1, 0.15) is 11.1 Å². The highest BCUT2D eigenvalue weighted by Crippen LogP contribution is 2.53. The smallest absolute Gasteiger partial charge is 0.301 e. The molecule has 0 saturated carbocycles. The van der Waals surface area contributed by atoms with Crippen molar-refractivity contribution < 1.29 is 18.9 Å². The summed E-state index contributed by atoms with van der Waals surface area (Å²) < 4.78 is 23.3. The third-order valence-corrected chi connectivity index (χ3v) is 5.21. The van der Waals surface area contributed by atoms with Gasteiger partial charge in [0.1, 0.15) is 16.5 Å². The van der Waals surface area contributed by atoms with Crippen LogP contribution in [0, 0.1) is 0 Å². The Morgan fingerprint density at radius 3 is 1.76 bits per heavy atom. The molecule has 0 aromatic heterocycles. The molecule has 1 aliphatic rings. The van der Waals surface area contributed by atoms with Crippen molar-refractivity contribution in [1.82, 2.24) is 0 Å². The Labute approximate surface area is 178 Å². The van der Waals surface area contributed by atoms with Gasteiger partial charge in [-0.2, -0.15) is 0 Å². The molecular formula is C22H17Cl2NO4. The summed E-state index contributed by atoms with van der Waals surface area (Å²) in [7, 11) is 2.97. The first kappa shape index (κ1) is 19.7. The molecule has 3 aromatic carbocycles. The van der Waals surface area contributed by atoms with E-state index in [1.165, 1.54) is 14.2 Å². The van der Waals surface area contributed by atoms with E-state index in [1.54, 1.807) is 18.3 Å². The van der Waals surface area contributed by atoms with Crippen molar-refractivity contribution in [1.29, 1.82) is 0 Å². The standard InChI is InChI=1S/C22H17Cl2NO4/c1-26-22(27-2)17-16(13-25-22)18(23)21(29-15-11-7-4-8-12-15)19(24)20(17)28-14-9-5-3-6-10-14/h3-13H,1-2H3. The largest absolute Gasteiger partial charge is 0.455 e. The summed E-state index contributed by atoms with van der Waals surface area (Å²) >= 11 is 13.4. The molecule has 4 rings (SSSR count). The maximum atomic E-state index is 6.74. The summed E-state index contributed by atoms with van der Waals surface area (Å²) in [4.78, 5) is 4.38. The van der Waals surface area contributed by atoms with Crippen LogP contribution in [0.2, 0.25) is 10.0 Å². The molecular weight excluding hydrogens is 413 g/mol. The van der Waals surface area contributed by atoms with Crippen LogP contribution in [-0.4, -0.2) is 20.4 Å². The van der Waals surface area contributed by atoms with Gasteiger partial charge in [0.15, 0.2) is 11.5 Å². The molecule has 1 heterocycles. The lowest BCUT2D eigenvalue weighted by Gasteiger charge is -2.27. The van der Waals surface area contributed by atoms with Crippen molar-refractivity contribution in [2.75, 3.05) is 14.2 Å². The summed E-state index contributed by atoms with van der Waals surface area (Å²) in [5.41, 5.74) is 1.03. The number of nitrogens with zero attached hydrogens (tertiary/aromatic N) is 1. The molecule has 0 fully saturated rings. The molecule has 1 aliphatic heterocycles. The van der Waals surface area contributed by atoms with Crippen LogP contribution in [0.25, 0.3) is 0 Å². The van der Waals surface area contributed by atoms with Gasteiger partial charge in [0.2, 0.25) is 0 Å². The first-order valence-electron chi connectivity index (χ1n) is 8.76. The zero-order valence-electron chi connectivity index (χ0n) is 15.7. The van der Waals surface area contributed by atoms with E-state index in [9.17, 15) is 0 Å². The van der Waals surface area contributed by atoms with E-state index in [-0.39, 0.29) is 15.8 Å². The Kier molecular flexibility index (Phi) is 5.48. The number of ether oxygens (including phenoxy) is 4. The number of halogens is 2. The zero-order chi connectivity index (χ0) is 20.4. The van der Waals surface area contributed by atoms with Crippen LogP contribution in [0.4, 0.5) is 0 Å². The van der Waals surface area contributed by atoms with Gasteiger partial charge in [-0.05, 0) is 24.3 Å². The van der Waals surface area contributed by atoms with E-state index in [0.29, 0.717) is 28.4 Å². The Balaban J connectivity index is 1.92. The predicted octanol–water partition coefficient (Wildman–Crippen LogP) is 6.41. The van der Waals surface area contributed by atoms with Gasteiger partial charge in [0.05, 0.1) is 10.6 Å². The third kappa shape index (κ3) is 3.47. The molecule has 0 amide bonds. The lowest BCUT2D eigenvalue weighted by Crippen LogP contribution is -2.27. The Morgan fingerprint density at radius 2 is 1.24 bits per heavy atom. The molecule has 0 bridgehead atoms. The molecule has 0 unspecified atom stereocenters. The topological polar surface area (TPSA) is 49.3 Å². The lowest BCUT2D eigenvalue weighted by molar-refractivity contribution is -0.207. The number of para-hydroxylation sites is 2. The highest BCUT2D eigenvalue weighted by molar-refractivity contribution is 6.40.